The summed E-state index contributed by atoms with van der Waals surface area (Å²) in [5, 5.41) is 19.2. The minimum Gasteiger partial charge on any atom is -0.508 e. The molecule has 0 saturated carbocycles. The molecular weight excluding hydrogens is 340 g/mol. The second kappa shape index (κ2) is 7.08. The van der Waals surface area contributed by atoms with Crippen LogP contribution in [-0.4, -0.2) is 22.9 Å². The molecule has 0 fully saturated rings. The third kappa shape index (κ3) is 3.34. The zero-order valence-electron chi connectivity index (χ0n) is 14.9. The predicted octanol–water partition coefficient (Wildman–Crippen LogP) is 4.87. The summed E-state index contributed by atoms with van der Waals surface area (Å²) < 4.78 is 11.7. The molecule has 3 aromatic rings. The molecule has 0 aromatic heterocycles. The molecule has 2 N–H and O–H groups in total. The van der Waals surface area contributed by atoms with E-state index in [9.17, 15) is 10.2 Å². The Bertz CT molecular complexity index is 966. The van der Waals surface area contributed by atoms with Crippen molar-refractivity contribution in [3.8, 4) is 23.0 Å². The van der Waals surface area contributed by atoms with Gasteiger partial charge in [0.2, 0.25) is 0 Å². The molecule has 0 radical (unpaired) electrons. The maximum absolute atomic E-state index is 9.60. The van der Waals surface area contributed by atoms with E-state index < -0.39 is 0 Å². The van der Waals surface area contributed by atoms with Crippen molar-refractivity contribution in [1.29, 1.82) is 0 Å². The van der Waals surface area contributed by atoms with E-state index in [1.165, 1.54) is 0 Å². The lowest BCUT2D eigenvalue weighted by atomic mass is 9.87. The number of aromatic hydroxyl groups is 2. The predicted molar refractivity (Wildman–Crippen MR) is 105 cm³/mol. The average molecular weight is 360 g/mol. The molecule has 0 amide bonds. The first-order valence-electron chi connectivity index (χ1n) is 8.83. The summed E-state index contributed by atoms with van der Waals surface area (Å²) in [5.41, 5.74) is 4.04. The Balaban J connectivity index is 0.000000257. The maximum Gasteiger partial charge on any atom is 0.131 e. The summed E-state index contributed by atoms with van der Waals surface area (Å²) in [5.74, 6) is 1.72. The molecule has 0 aliphatic carbocycles. The van der Waals surface area contributed by atoms with Gasteiger partial charge in [-0.2, -0.15) is 0 Å². The number of phenols is 2. The molecule has 1 atom stereocenters. The second-order valence-corrected chi connectivity index (χ2v) is 6.46. The molecule has 1 unspecified atom stereocenters. The monoisotopic (exact) mass is 360 g/mol. The van der Waals surface area contributed by atoms with Crippen molar-refractivity contribution >= 4 is 11.1 Å². The molecular formula is C23H20O4. The molecule has 2 heterocycles. The zero-order valence-corrected chi connectivity index (χ0v) is 14.9. The van der Waals surface area contributed by atoms with Crippen molar-refractivity contribution in [3.05, 3.63) is 83.9 Å². The first kappa shape index (κ1) is 17.0. The lowest BCUT2D eigenvalue weighted by Crippen LogP contribution is -2.25. The number of rotatable bonds is 0. The lowest BCUT2D eigenvalue weighted by Gasteiger charge is -2.33. The number of hydrogen-bond acceptors (Lipinski definition) is 4. The van der Waals surface area contributed by atoms with Gasteiger partial charge in [0.25, 0.3) is 0 Å². The summed E-state index contributed by atoms with van der Waals surface area (Å²) in [7, 11) is 0. The first-order valence-corrected chi connectivity index (χ1v) is 8.83. The molecule has 0 spiro atoms. The highest BCUT2D eigenvalue weighted by molar-refractivity contribution is 5.99. The fourth-order valence-corrected chi connectivity index (χ4v) is 3.42. The SMILES string of the molecule is CC1Oc2cc(O)ccc2C2=C1c1ccc(O)cc1OC2.c1ccccc1. The fourth-order valence-electron chi connectivity index (χ4n) is 3.42. The zero-order chi connectivity index (χ0) is 18.8. The second-order valence-electron chi connectivity index (χ2n) is 6.46. The summed E-state index contributed by atoms with van der Waals surface area (Å²) in [6, 6.07) is 22.2. The van der Waals surface area contributed by atoms with Gasteiger partial charge in [-0.3, -0.25) is 0 Å². The summed E-state index contributed by atoms with van der Waals surface area (Å²) >= 11 is 0. The highest BCUT2D eigenvalue weighted by atomic mass is 16.5. The van der Waals surface area contributed by atoms with Crippen LogP contribution in [0.15, 0.2) is 72.8 Å². The smallest absolute Gasteiger partial charge is 0.131 e. The van der Waals surface area contributed by atoms with E-state index in [-0.39, 0.29) is 17.6 Å². The number of phenolic OH excluding ortho intramolecular Hbond substituents is 2. The van der Waals surface area contributed by atoms with E-state index in [2.05, 4.69) is 0 Å². The van der Waals surface area contributed by atoms with Gasteiger partial charge in [-0.15, -0.1) is 0 Å². The Labute approximate surface area is 157 Å². The molecule has 136 valence electrons. The van der Waals surface area contributed by atoms with Gasteiger partial charge in [0.15, 0.2) is 0 Å². The van der Waals surface area contributed by atoms with Gasteiger partial charge < -0.3 is 19.7 Å². The van der Waals surface area contributed by atoms with Crippen molar-refractivity contribution in [3.63, 3.8) is 0 Å². The Morgan fingerprint density at radius 3 is 1.96 bits per heavy atom. The van der Waals surface area contributed by atoms with Crippen LogP contribution in [0.1, 0.15) is 18.1 Å². The van der Waals surface area contributed by atoms with Crippen molar-refractivity contribution in [1.82, 2.24) is 0 Å². The highest BCUT2D eigenvalue weighted by Gasteiger charge is 2.32. The van der Waals surface area contributed by atoms with Gasteiger partial charge in [0, 0.05) is 34.4 Å². The van der Waals surface area contributed by atoms with Crippen LogP contribution in [0.25, 0.3) is 11.1 Å². The van der Waals surface area contributed by atoms with Crippen molar-refractivity contribution < 1.29 is 19.7 Å². The molecule has 4 nitrogen and oxygen atoms in total. The first-order chi connectivity index (χ1) is 13.1. The normalized spacial score (nSPS) is 16.6. The Morgan fingerprint density at radius 2 is 1.33 bits per heavy atom. The van der Waals surface area contributed by atoms with Crippen LogP contribution in [0.2, 0.25) is 0 Å². The topological polar surface area (TPSA) is 58.9 Å². The van der Waals surface area contributed by atoms with Crippen LogP contribution < -0.4 is 9.47 Å². The molecule has 5 rings (SSSR count). The lowest BCUT2D eigenvalue weighted by molar-refractivity contribution is 0.265. The third-order valence-electron chi connectivity index (χ3n) is 4.62. The largest absolute Gasteiger partial charge is 0.508 e. The molecule has 2 aliphatic heterocycles. The standard InChI is InChI=1S/C17H14O4.C6H6/c1-9-17-13-5-3-10(18)6-15(13)20-8-14(17)12-4-2-11(19)7-16(12)21-9;1-2-4-6-5-3-1/h2-7,9,18-19H,8H2,1H3;1-6H. The number of benzene rings is 3. The van der Waals surface area contributed by atoms with Gasteiger partial charge in [0.05, 0.1) is 0 Å². The fraction of sp³-hybridized carbons (Fsp3) is 0.130. The van der Waals surface area contributed by atoms with Crippen LogP contribution >= 0.6 is 0 Å². The number of hydrogen-bond donors (Lipinski definition) is 2. The third-order valence-corrected chi connectivity index (χ3v) is 4.62. The van der Waals surface area contributed by atoms with Gasteiger partial charge in [0.1, 0.15) is 35.7 Å². The molecule has 0 saturated heterocycles. The average Bonchev–Trinajstić information content (AvgIpc) is 2.69. The molecule has 27 heavy (non-hydrogen) atoms. The molecule has 2 aliphatic rings. The Kier molecular flexibility index (Phi) is 4.47. The van der Waals surface area contributed by atoms with E-state index in [0.717, 1.165) is 22.3 Å². The van der Waals surface area contributed by atoms with Crippen molar-refractivity contribution in [2.75, 3.05) is 6.61 Å². The summed E-state index contributed by atoms with van der Waals surface area (Å²) in [4.78, 5) is 0. The van der Waals surface area contributed by atoms with Crippen molar-refractivity contribution in [2.45, 2.75) is 13.0 Å². The van der Waals surface area contributed by atoms with Gasteiger partial charge in [-0.25, -0.2) is 0 Å². The van der Waals surface area contributed by atoms with E-state index in [1.807, 2.05) is 55.5 Å². The Morgan fingerprint density at radius 1 is 0.778 bits per heavy atom. The van der Waals surface area contributed by atoms with Crippen LogP contribution in [0.5, 0.6) is 23.0 Å². The molecule has 3 aromatic carbocycles. The van der Waals surface area contributed by atoms with E-state index in [0.29, 0.717) is 18.1 Å². The summed E-state index contributed by atoms with van der Waals surface area (Å²) in [6.07, 6.45) is -0.138. The van der Waals surface area contributed by atoms with Crippen LogP contribution in [0, 0.1) is 0 Å². The van der Waals surface area contributed by atoms with E-state index in [4.69, 9.17) is 9.47 Å². The van der Waals surface area contributed by atoms with Crippen molar-refractivity contribution in [2.24, 2.45) is 0 Å². The quantitative estimate of drug-likeness (QED) is 0.601. The molecule has 0 bridgehead atoms. The Hall–Kier alpha value is -3.40. The minimum atomic E-state index is -0.138. The molecule has 4 heteroatoms. The van der Waals surface area contributed by atoms with Crippen LogP contribution in [0.3, 0.4) is 0 Å². The highest BCUT2D eigenvalue weighted by Crippen LogP contribution is 2.46. The van der Waals surface area contributed by atoms with Gasteiger partial charge in [-0.1, -0.05) is 36.4 Å². The van der Waals surface area contributed by atoms with Gasteiger partial charge >= 0.3 is 0 Å². The minimum absolute atomic E-state index is 0.138. The van der Waals surface area contributed by atoms with E-state index >= 15 is 0 Å². The number of fused-ring (bicyclic) bond motifs is 4. The van der Waals surface area contributed by atoms with E-state index in [1.54, 1.807) is 24.3 Å². The maximum atomic E-state index is 9.60. The number of ether oxygens (including phenoxy) is 2. The van der Waals surface area contributed by atoms with Crippen LogP contribution in [-0.2, 0) is 0 Å². The van der Waals surface area contributed by atoms with Gasteiger partial charge in [-0.05, 0) is 31.2 Å². The summed E-state index contributed by atoms with van der Waals surface area (Å²) in [6.45, 7) is 2.40. The van der Waals surface area contributed by atoms with Crippen LogP contribution in [0.4, 0.5) is 0 Å².